The summed E-state index contributed by atoms with van der Waals surface area (Å²) in [5.41, 5.74) is 4.56. The lowest BCUT2D eigenvalue weighted by Gasteiger charge is -2.26. The highest BCUT2D eigenvalue weighted by molar-refractivity contribution is 6.02. The number of aromatic amines is 1. The number of hydrogen-bond acceptors (Lipinski definition) is 13. The van der Waals surface area contributed by atoms with Crippen molar-refractivity contribution >= 4 is 23.2 Å². The van der Waals surface area contributed by atoms with Crippen molar-refractivity contribution in [3.05, 3.63) is 83.1 Å². The number of rotatable bonds is 18. The second-order valence-corrected chi connectivity index (χ2v) is 14.7. The van der Waals surface area contributed by atoms with Crippen molar-refractivity contribution in [3.8, 4) is 28.5 Å². The van der Waals surface area contributed by atoms with E-state index in [0.29, 0.717) is 60.3 Å². The molecule has 0 saturated heterocycles. The van der Waals surface area contributed by atoms with Crippen LogP contribution in [0.4, 0.5) is 4.79 Å². The number of nitrogens with zero attached hydrogens (tertiary/aromatic N) is 8. The Bertz CT molecular complexity index is 2110. The number of aromatic nitrogens is 6. The van der Waals surface area contributed by atoms with Crippen LogP contribution in [0.5, 0.6) is 6.01 Å². The molecule has 2 aromatic heterocycles. The zero-order chi connectivity index (χ0) is 41.1. The summed E-state index contributed by atoms with van der Waals surface area (Å²) in [6.07, 6.45) is -0.942. The lowest BCUT2D eigenvalue weighted by molar-refractivity contribution is -0.719. The summed E-state index contributed by atoms with van der Waals surface area (Å²) in [5, 5.41) is 31.5. The Morgan fingerprint density at radius 1 is 0.965 bits per heavy atom. The molecule has 2 heterocycles. The minimum absolute atomic E-state index is 0.224. The summed E-state index contributed by atoms with van der Waals surface area (Å²) in [6.45, 7) is 13.7. The summed E-state index contributed by atoms with van der Waals surface area (Å²) in [5.74, 6) is -0.589. The number of unbranched alkanes of at least 4 members (excludes halogenated alkanes) is 1. The first-order chi connectivity index (χ1) is 27.3. The molecule has 0 fully saturated rings. The molecule has 0 spiro atoms. The molecule has 3 aromatic carbocycles. The number of benzene rings is 3. The minimum atomic E-state index is -1.23. The number of H-pyrrole nitrogens is 1. The molecule has 17 nitrogen and oxygen atoms in total. The van der Waals surface area contributed by atoms with E-state index < -0.39 is 30.1 Å². The van der Waals surface area contributed by atoms with E-state index in [0.717, 1.165) is 22.3 Å². The van der Waals surface area contributed by atoms with Gasteiger partial charge in [-0.3, -0.25) is 4.57 Å². The number of carbonyl (C=O) groups excluding carboxylic acids is 2. The average Bonchev–Trinajstić information content (AvgIpc) is 3.84. The molecule has 2 atom stereocenters. The van der Waals surface area contributed by atoms with Gasteiger partial charge in [0.05, 0.1) is 47.3 Å². The van der Waals surface area contributed by atoms with E-state index in [1.165, 1.54) is 5.01 Å². The standard InChI is InChI=1S/C40H51N9O8/c1-9-53-38-41-33-19-14-18-32(34(33)48(38)25-28-20-22-29(23-21-28)30-16-10-11-17-31(30)35-42-44-45-43-35)36(50)56-37(26(2)3)57-39(51)55-27(4)15-12-13-24-54-46-49(52)47(8)40(5,6)7/h10-11,14,16-23,26-27,37H,9,12-13,15,24-25H2,1-8H3,(H,42,43,44,45)/b49-46-/t27-,37?/m0/s1. The topological polar surface area (TPSA) is 194 Å². The monoisotopic (exact) mass is 785 g/mol. The first kappa shape index (κ1) is 41.9. The molecule has 17 heteroatoms. The van der Waals surface area contributed by atoms with Gasteiger partial charge in [-0.2, -0.15) is 10.2 Å². The second kappa shape index (κ2) is 19.1. The summed E-state index contributed by atoms with van der Waals surface area (Å²) >= 11 is 0. The number of tetrazole rings is 1. The van der Waals surface area contributed by atoms with Gasteiger partial charge in [0.25, 0.3) is 12.3 Å². The third-order valence-corrected chi connectivity index (χ3v) is 9.07. The maximum Gasteiger partial charge on any atom is 0.511 e. The fourth-order valence-electron chi connectivity index (χ4n) is 5.70. The third kappa shape index (κ3) is 11.0. The summed E-state index contributed by atoms with van der Waals surface area (Å²) in [6, 6.07) is 21.3. The van der Waals surface area contributed by atoms with Crippen LogP contribution in [0.2, 0.25) is 0 Å². The van der Waals surface area contributed by atoms with E-state index in [1.807, 2.05) is 80.8 Å². The fraction of sp³-hybridized carbons (Fsp3) is 0.450. The molecule has 57 heavy (non-hydrogen) atoms. The Hall–Kier alpha value is -6.26. The van der Waals surface area contributed by atoms with Gasteiger partial charge in [0.15, 0.2) is 0 Å². The van der Waals surface area contributed by atoms with Gasteiger partial charge in [-0.15, -0.1) is 15.2 Å². The molecule has 0 aliphatic carbocycles. The van der Waals surface area contributed by atoms with Crippen LogP contribution in [0, 0.1) is 11.1 Å². The molecular weight excluding hydrogens is 734 g/mol. The van der Waals surface area contributed by atoms with E-state index in [1.54, 1.807) is 46.0 Å². The second-order valence-electron chi connectivity index (χ2n) is 14.7. The molecular formula is C40H51N9O8. The lowest BCUT2D eigenvalue weighted by atomic mass is 9.98. The molecule has 0 amide bonds. The van der Waals surface area contributed by atoms with Gasteiger partial charge in [0.2, 0.25) is 11.1 Å². The van der Waals surface area contributed by atoms with Crippen molar-refractivity contribution in [3.63, 3.8) is 0 Å². The molecule has 5 rings (SSSR count). The van der Waals surface area contributed by atoms with E-state index in [2.05, 4.69) is 30.9 Å². The highest BCUT2D eigenvalue weighted by atomic mass is 16.8. The van der Waals surface area contributed by atoms with Crippen LogP contribution >= 0.6 is 0 Å². The number of nitrogens with one attached hydrogen (secondary N) is 1. The first-order valence-electron chi connectivity index (χ1n) is 18.9. The fourth-order valence-corrected chi connectivity index (χ4v) is 5.70. The van der Waals surface area contributed by atoms with E-state index in [9.17, 15) is 14.8 Å². The molecule has 5 aromatic rings. The number of carbonyl (C=O) groups is 2. The summed E-state index contributed by atoms with van der Waals surface area (Å²) in [4.78, 5) is 36.9. The SMILES string of the molecule is CCOc1nc2cccc(C(=O)OC(OC(=O)O[C@@H](C)CCCCO/N=[N+](\[O-])N(C)C(C)(C)C)C(C)C)c2n1Cc1ccc(-c2ccccc2-c2nn[nH]n2)cc1. The van der Waals surface area contributed by atoms with Crippen LogP contribution < -0.4 is 4.74 Å². The largest absolute Gasteiger partial charge is 0.569 e. The Morgan fingerprint density at radius 3 is 2.37 bits per heavy atom. The number of hydrazine groups is 1. The Kier molecular flexibility index (Phi) is 14.0. The number of para-hydroxylation sites is 1. The van der Waals surface area contributed by atoms with Crippen LogP contribution in [-0.4, -0.2) is 90.5 Å². The summed E-state index contributed by atoms with van der Waals surface area (Å²) in [7, 11) is 1.63. The average molecular weight is 786 g/mol. The van der Waals surface area contributed by atoms with Crippen LogP contribution in [0.15, 0.2) is 72.0 Å². The van der Waals surface area contributed by atoms with Crippen molar-refractivity contribution in [2.45, 2.75) is 92.2 Å². The highest BCUT2D eigenvalue weighted by Gasteiger charge is 2.28. The maximum atomic E-state index is 13.8. The zero-order valence-corrected chi connectivity index (χ0v) is 33.7. The van der Waals surface area contributed by atoms with Crippen molar-refractivity contribution in [1.82, 2.24) is 35.2 Å². The predicted octanol–water partition coefficient (Wildman–Crippen LogP) is 7.72. The highest BCUT2D eigenvalue weighted by Crippen LogP contribution is 2.31. The number of imidazole rings is 1. The number of ether oxygens (including phenoxy) is 4. The zero-order valence-electron chi connectivity index (χ0n) is 33.7. The van der Waals surface area contributed by atoms with E-state index in [-0.39, 0.29) is 18.1 Å². The van der Waals surface area contributed by atoms with Crippen molar-refractivity contribution < 1.29 is 38.3 Å². The Morgan fingerprint density at radius 2 is 1.70 bits per heavy atom. The normalized spacial score (nSPS) is 13.0. The van der Waals surface area contributed by atoms with Crippen LogP contribution in [0.3, 0.4) is 0 Å². The van der Waals surface area contributed by atoms with Gasteiger partial charge in [-0.05, 0) is 87.9 Å². The lowest BCUT2D eigenvalue weighted by Crippen LogP contribution is -2.42. The number of fused-ring (bicyclic) bond motifs is 1. The Labute approximate surface area is 331 Å². The van der Waals surface area contributed by atoms with Crippen molar-refractivity contribution in [2.75, 3.05) is 20.3 Å². The van der Waals surface area contributed by atoms with Gasteiger partial charge in [0.1, 0.15) is 12.7 Å². The van der Waals surface area contributed by atoms with Gasteiger partial charge >= 0.3 is 12.1 Å². The van der Waals surface area contributed by atoms with Crippen LogP contribution in [0.25, 0.3) is 33.5 Å². The molecule has 0 saturated carbocycles. The molecule has 1 unspecified atom stereocenters. The third-order valence-electron chi connectivity index (χ3n) is 9.07. The van der Waals surface area contributed by atoms with Gasteiger partial charge in [0, 0.05) is 11.5 Å². The first-order valence-corrected chi connectivity index (χ1v) is 18.9. The van der Waals surface area contributed by atoms with Gasteiger partial charge in [-0.25, -0.2) is 9.59 Å². The molecule has 0 aliphatic heterocycles. The number of hydrogen-bond donors (Lipinski definition) is 1. The van der Waals surface area contributed by atoms with Crippen molar-refractivity contribution in [2.24, 2.45) is 11.2 Å². The predicted molar refractivity (Wildman–Crippen MR) is 209 cm³/mol. The Balaban J connectivity index is 1.23. The smallest absolute Gasteiger partial charge is 0.511 e. The van der Waals surface area contributed by atoms with E-state index >= 15 is 0 Å². The molecule has 0 bridgehead atoms. The molecule has 0 radical (unpaired) electrons. The maximum absolute atomic E-state index is 13.8. The molecule has 1 N–H and O–H groups in total. The van der Waals surface area contributed by atoms with Gasteiger partial charge in [-0.1, -0.05) is 68.4 Å². The number of esters is 1. The quantitative estimate of drug-likeness (QED) is 0.0227. The van der Waals surface area contributed by atoms with Crippen LogP contribution in [0.1, 0.15) is 83.7 Å². The molecule has 0 aliphatic rings. The van der Waals surface area contributed by atoms with Gasteiger partial charge < -0.3 is 29.0 Å². The van der Waals surface area contributed by atoms with Crippen molar-refractivity contribution in [1.29, 1.82) is 0 Å². The summed E-state index contributed by atoms with van der Waals surface area (Å²) < 4.78 is 24.5. The van der Waals surface area contributed by atoms with E-state index in [4.69, 9.17) is 23.8 Å². The van der Waals surface area contributed by atoms with Crippen LogP contribution in [-0.2, 0) is 25.6 Å². The minimum Gasteiger partial charge on any atom is -0.569 e. The molecule has 304 valence electrons.